The van der Waals surface area contributed by atoms with E-state index in [2.05, 4.69) is 12.2 Å². The maximum Gasteiger partial charge on any atom is 0.307 e. The largest absolute Gasteiger partial charge is 0.481 e. The lowest BCUT2D eigenvalue weighted by Gasteiger charge is -2.29. The minimum atomic E-state index is -0.762. The van der Waals surface area contributed by atoms with Crippen LogP contribution in [-0.4, -0.2) is 17.1 Å². The van der Waals surface area contributed by atoms with Crippen LogP contribution < -0.4 is 5.32 Å². The Balaban J connectivity index is 1.82. The first kappa shape index (κ1) is 16.0. The van der Waals surface area contributed by atoms with Gasteiger partial charge < -0.3 is 10.4 Å². The van der Waals surface area contributed by atoms with Gasteiger partial charge in [-0.2, -0.15) is 0 Å². The number of rotatable bonds is 7. The predicted octanol–water partition coefficient (Wildman–Crippen LogP) is 3.76. The number of aliphatic carboxylic acids is 1. The fourth-order valence-electron chi connectivity index (χ4n) is 3.38. The van der Waals surface area contributed by atoms with E-state index in [9.17, 15) is 4.79 Å². The molecule has 0 amide bonds. The van der Waals surface area contributed by atoms with Crippen molar-refractivity contribution in [3.8, 4) is 0 Å². The molecule has 0 aliphatic heterocycles. The Bertz CT molecular complexity index is 450. The lowest BCUT2D eigenvalue weighted by Crippen LogP contribution is -2.33. The van der Waals surface area contributed by atoms with Gasteiger partial charge in [-0.15, -0.1) is 0 Å². The zero-order chi connectivity index (χ0) is 15.1. The summed E-state index contributed by atoms with van der Waals surface area (Å²) >= 11 is 0. The first-order valence-corrected chi connectivity index (χ1v) is 8.21. The summed E-state index contributed by atoms with van der Waals surface area (Å²) in [6, 6.07) is 8.45. The van der Waals surface area contributed by atoms with Crippen molar-refractivity contribution in [3.63, 3.8) is 0 Å². The topological polar surface area (TPSA) is 49.3 Å². The van der Waals surface area contributed by atoms with Crippen molar-refractivity contribution in [2.24, 2.45) is 5.92 Å². The summed E-state index contributed by atoms with van der Waals surface area (Å²) in [5, 5.41) is 12.6. The second-order valence-electron chi connectivity index (χ2n) is 6.23. The summed E-state index contributed by atoms with van der Waals surface area (Å²) < 4.78 is 0. The molecule has 0 aromatic heterocycles. The van der Waals surface area contributed by atoms with Crippen molar-refractivity contribution in [2.45, 2.75) is 64.5 Å². The second kappa shape index (κ2) is 8.18. The van der Waals surface area contributed by atoms with E-state index >= 15 is 0 Å². The van der Waals surface area contributed by atoms with Gasteiger partial charge in [0.1, 0.15) is 0 Å². The van der Waals surface area contributed by atoms with Crippen LogP contribution in [0.2, 0.25) is 0 Å². The van der Waals surface area contributed by atoms with Gasteiger partial charge in [0.25, 0.3) is 0 Å². The van der Waals surface area contributed by atoms with Gasteiger partial charge in [-0.25, -0.2) is 0 Å². The molecule has 1 aromatic rings. The van der Waals surface area contributed by atoms with Gasteiger partial charge in [0.15, 0.2) is 0 Å². The van der Waals surface area contributed by atoms with Crippen LogP contribution in [0.4, 0.5) is 0 Å². The molecule has 2 rings (SSSR count). The number of hydrogen-bond donors (Lipinski definition) is 2. The highest BCUT2D eigenvalue weighted by molar-refractivity contribution is 5.70. The Hall–Kier alpha value is -1.35. The fraction of sp³-hybridized carbons (Fsp3) is 0.611. The van der Waals surface area contributed by atoms with Crippen LogP contribution in [-0.2, 0) is 17.8 Å². The highest BCUT2D eigenvalue weighted by atomic mass is 16.4. The molecule has 0 unspecified atom stereocenters. The van der Waals surface area contributed by atoms with E-state index in [0.717, 1.165) is 23.6 Å². The minimum absolute atomic E-state index is 0.112. The van der Waals surface area contributed by atoms with Crippen molar-refractivity contribution in [1.29, 1.82) is 0 Å². The zero-order valence-corrected chi connectivity index (χ0v) is 13.0. The van der Waals surface area contributed by atoms with Gasteiger partial charge in [-0.1, -0.05) is 44.0 Å². The molecule has 0 radical (unpaired) electrons. The van der Waals surface area contributed by atoms with Crippen LogP contribution in [0.5, 0.6) is 0 Å². The van der Waals surface area contributed by atoms with E-state index in [4.69, 9.17) is 5.11 Å². The van der Waals surface area contributed by atoms with Crippen LogP contribution in [0.15, 0.2) is 24.3 Å². The molecule has 0 saturated heterocycles. The molecule has 3 nitrogen and oxygen atoms in total. The first-order valence-electron chi connectivity index (χ1n) is 8.21. The standard InChI is InChI=1S/C18H27NO2/c1-2-5-14-8-10-17(11-9-14)19-13-16-7-4-3-6-15(16)12-18(20)21/h3-4,6-7,14,17,19H,2,5,8-13H2,1H3,(H,20,21). The van der Waals surface area contributed by atoms with Crippen molar-refractivity contribution < 1.29 is 9.90 Å². The Morgan fingerprint density at radius 2 is 1.86 bits per heavy atom. The number of carboxylic acid groups (broad SMARTS) is 1. The molecule has 0 bridgehead atoms. The summed E-state index contributed by atoms with van der Waals surface area (Å²) in [7, 11) is 0. The normalized spacial score (nSPS) is 22.1. The summed E-state index contributed by atoms with van der Waals surface area (Å²) in [6.07, 6.45) is 7.96. The van der Waals surface area contributed by atoms with Gasteiger partial charge in [0.05, 0.1) is 6.42 Å². The average Bonchev–Trinajstić information content (AvgIpc) is 2.48. The van der Waals surface area contributed by atoms with Crippen molar-refractivity contribution in [2.75, 3.05) is 0 Å². The van der Waals surface area contributed by atoms with Crippen molar-refractivity contribution in [3.05, 3.63) is 35.4 Å². The van der Waals surface area contributed by atoms with Gasteiger partial charge in [-0.05, 0) is 42.7 Å². The monoisotopic (exact) mass is 289 g/mol. The highest BCUT2D eigenvalue weighted by Crippen LogP contribution is 2.27. The van der Waals surface area contributed by atoms with Crippen LogP contribution >= 0.6 is 0 Å². The molecule has 0 spiro atoms. The number of carbonyl (C=O) groups is 1. The maximum atomic E-state index is 10.9. The number of benzene rings is 1. The first-order chi connectivity index (χ1) is 10.2. The maximum absolute atomic E-state index is 10.9. The van der Waals surface area contributed by atoms with Gasteiger partial charge in [0, 0.05) is 12.6 Å². The predicted molar refractivity (Wildman–Crippen MR) is 85.3 cm³/mol. The van der Waals surface area contributed by atoms with Crippen molar-refractivity contribution in [1.82, 2.24) is 5.32 Å². The molecule has 21 heavy (non-hydrogen) atoms. The number of hydrogen-bond acceptors (Lipinski definition) is 2. The van der Waals surface area contributed by atoms with Crippen LogP contribution in [0, 0.1) is 5.92 Å². The molecular weight excluding hydrogens is 262 g/mol. The molecule has 3 heteroatoms. The van der Waals surface area contributed by atoms with E-state index in [1.54, 1.807) is 0 Å². The van der Waals surface area contributed by atoms with E-state index < -0.39 is 5.97 Å². The van der Waals surface area contributed by atoms with Gasteiger partial charge in [0.2, 0.25) is 0 Å². The summed E-state index contributed by atoms with van der Waals surface area (Å²) in [5.74, 6) is 0.162. The molecule has 1 fully saturated rings. The molecule has 2 N–H and O–H groups in total. The Kier molecular flexibility index (Phi) is 6.24. The molecule has 0 heterocycles. The molecule has 116 valence electrons. The van der Waals surface area contributed by atoms with Crippen LogP contribution in [0.25, 0.3) is 0 Å². The van der Waals surface area contributed by atoms with Crippen LogP contribution in [0.1, 0.15) is 56.6 Å². The Labute approximate surface area is 127 Å². The third-order valence-corrected chi connectivity index (χ3v) is 4.58. The minimum Gasteiger partial charge on any atom is -0.481 e. The molecule has 0 atom stereocenters. The number of nitrogens with one attached hydrogen (secondary N) is 1. The average molecular weight is 289 g/mol. The fourth-order valence-corrected chi connectivity index (χ4v) is 3.38. The molecular formula is C18H27NO2. The molecule has 1 aliphatic rings. The molecule has 1 aliphatic carbocycles. The lowest BCUT2D eigenvalue weighted by molar-refractivity contribution is -0.136. The smallest absolute Gasteiger partial charge is 0.307 e. The van der Waals surface area contributed by atoms with Gasteiger partial charge >= 0.3 is 5.97 Å². The van der Waals surface area contributed by atoms with E-state index in [0.29, 0.717) is 6.04 Å². The molecule has 1 saturated carbocycles. The highest BCUT2D eigenvalue weighted by Gasteiger charge is 2.20. The van der Waals surface area contributed by atoms with E-state index in [1.165, 1.54) is 38.5 Å². The number of carboxylic acids is 1. The quantitative estimate of drug-likeness (QED) is 0.803. The summed E-state index contributed by atoms with van der Waals surface area (Å²) in [6.45, 7) is 3.05. The summed E-state index contributed by atoms with van der Waals surface area (Å²) in [4.78, 5) is 10.9. The SMILES string of the molecule is CCCC1CCC(NCc2ccccc2CC(=O)O)CC1. The third-order valence-electron chi connectivity index (χ3n) is 4.58. The molecule has 1 aromatic carbocycles. The Morgan fingerprint density at radius 1 is 1.19 bits per heavy atom. The zero-order valence-electron chi connectivity index (χ0n) is 13.0. The van der Waals surface area contributed by atoms with Crippen LogP contribution in [0.3, 0.4) is 0 Å². The Morgan fingerprint density at radius 3 is 2.48 bits per heavy atom. The third kappa shape index (κ3) is 5.16. The van der Waals surface area contributed by atoms with Gasteiger partial charge in [-0.3, -0.25) is 4.79 Å². The van der Waals surface area contributed by atoms with E-state index in [1.807, 2.05) is 24.3 Å². The second-order valence-corrected chi connectivity index (χ2v) is 6.23. The van der Waals surface area contributed by atoms with E-state index in [-0.39, 0.29) is 6.42 Å². The lowest BCUT2D eigenvalue weighted by atomic mass is 9.83. The summed E-state index contributed by atoms with van der Waals surface area (Å²) in [5.41, 5.74) is 2.05. The van der Waals surface area contributed by atoms with Crippen molar-refractivity contribution >= 4 is 5.97 Å².